The summed E-state index contributed by atoms with van der Waals surface area (Å²) in [7, 11) is 1.52. The Morgan fingerprint density at radius 2 is 2.12 bits per heavy atom. The molecule has 0 aromatic carbocycles. The lowest BCUT2D eigenvalue weighted by atomic mass is 9.98. The number of aliphatic carboxylic acids is 1. The summed E-state index contributed by atoms with van der Waals surface area (Å²) >= 11 is 0. The smallest absolute Gasteiger partial charge is 0.338 e. The number of nitrogens with zero attached hydrogens (tertiary/aromatic N) is 2. The maximum Gasteiger partial charge on any atom is 0.338 e. The first-order valence-electron chi connectivity index (χ1n) is 8.54. The number of pyridine rings is 1. The first kappa shape index (κ1) is 17.8. The van der Waals surface area contributed by atoms with Gasteiger partial charge in [0.25, 0.3) is 0 Å². The van der Waals surface area contributed by atoms with Crippen LogP contribution in [0.3, 0.4) is 0 Å². The zero-order chi connectivity index (χ0) is 18.8. The summed E-state index contributed by atoms with van der Waals surface area (Å²) in [5, 5.41) is 12.2. The Hall–Kier alpha value is -2.96. The third-order valence-corrected chi connectivity index (χ3v) is 4.79. The Bertz CT molecular complexity index is 969. The minimum absolute atomic E-state index is 0.0191. The minimum Gasteiger partial charge on any atom is -0.478 e. The van der Waals surface area contributed by atoms with E-state index < -0.39 is 5.97 Å². The Morgan fingerprint density at radius 3 is 2.73 bits per heavy atom. The highest BCUT2D eigenvalue weighted by atomic mass is 16.4. The number of hydrogen-bond acceptors (Lipinski definition) is 5. The van der Waals surface area contributed by atoms with Gasteiger partial charge in [-0.25, -0.2) is 9.78 Å². The number of hydrogen-bond donors (Lipinski definition) is 2. The molecule has 2 N–H and O–H groups in total. The molecule has 2 aromatic heterocycles. The van der Waals surface area contributed by atoms with Crippen LogP contribution >= 0.6 is 0 Å². The Kier molecular flexibility index (Phi) is 4.88. The molecule has 0 atom stereocenters. The molecule has 2 heterocycles. The number of fused-ring (bicyclic) bond motifs is 1. The Morgan fingerprint density at radius 1 is 1.42 bits per heavy atom. The van der Waals surface area contributed by atoms with Crippen LogP contribution in [0.15, 0.2) is 38.6 Å². The van der Waals surface area contributed by atoms with Gasteiger partial charge < -0.3 is 14.8 Å². The lowest BCUT2D eigenvalue weighted by Gasteiger charge is -2.10. The summed E-state index contributed by atoms with van der Waals surface area (Å²) in [6.45, 7) is 5.06. The van der Waals surface area contributed by atoms with E-state index in [1.165, 1.54) is 19.9 Å². The summed E-state index contributed by atoms with van der Waals surface area (Å²) in [5.74, 6) is -0.724. The number of carbonyl (C=O) groups is 1. The van der Waals surface area contributed by atoms with Crippen molar-refractivity contribution in [3.05, 3.63) is 45.8 Å². The summed E-state index contributed by atoms with van der Waals surface area (Å²) in [6, 6.07) is 1.86. The van der Waals surface area contributed by atoms with Crippen molar-refractivity contribution in [2.24, 2.45) is 4.99 Å². The molecule has 3 rings (SSSR count). The van der Waals surface area contributed by atoms with E-state index in [2.05, 4.69) is 21.9 Å². The predicted octanol–water partition coefficient (Wildman–Crippen LogP) is 3.04. The maximum atomic E-state index is 12.8. The standard InChI is InChI=1S/C19H21N3O4/c1-10-15(23)14-8-13(12-6-4-5-7-12)9-21-18(14)26-17(10)22-16(20-3)11(2)19(24)25/h8-9,12H,2,4-7H2,1,3H3,(H,20,22)(H,24,25). The quantitative estimate of drug-likeness (QED) is 0.496. The monoisotopic (exact) mass is 355 g/mol. The van der Waals surface area contributed by atoms with Crippen molar-refractivity contribution in [3.63, 3.8) is 0 Å². The molecular weight excluding hydrogens is 334 g/mol. The van der Waals surface area contributed by atoms with Crippen LogP contribution in [0.5, 0.6) is 0 Å². The van der Waals surface area contributed by atoms with E-state index in [1.54, 1.807) is 13.1 Å². The van der Waals surface area contributed by atoms with Gasteiger partial charge in [0, 0.05) is 13.2 Å². The summed E-state index contributed by atoms with van der Waals surface area (Å²) in [5.41, 5.74) is 1.12. The number of rotatable bonds is 4. The van der Waals surface area contributed by atoms with Gasteiger partial charge >= 0.3 is 5.97 Å². The predicted molar refractivity (Wildman–Crippen MR) is 99.2 cm³/mol. The number of aliphatic imine (C=N–C) groups is 1. The molecule has 136 valence electrons. The molecule has 1 aliphatic carbocycles. The van der Waals surface area contributed by atoms with Crippen LogP contribution in [0.25, 0.3) is 11.1 Å². The molecular formula is C19H21N3O4. The number of carboxylic acid groups (broad SMARTS) is 1. The van der Waals surface area contributed by atoms with Gasteiger partial charge in [0.05, 0.1) is 16.5 Å². The molecule has 0 bridgehead atoms. The fourth-order valence-electron chi connectivity index (χ4n) is 3.25. The molecule has 0 unspecified atom stereocenters. The van der Waals surface area contributed by atoms with Gasteiger partial charge in [-0.05, 0) is 37.3 Å². The normalized spacial score (nSPS) is 15.4. The van der Waals surface area contributed by atoms with E-state index >= 15 is 0 Å². The molecule has 1 fully saturated rings. The second-order valence-corrected chi connectivity index (χ2v) is 6.46. The van der Waals surface area contributed by atoms with Crippen molar-refractivity contribution in [1.82, 2.24) is 10.3 Å². The van der Waals surface area contributed by atoms with E-state index in [0.717, 1.165) is 18.4 Å². The van der Waals surface area contributed by atoms with E-state index in [4.69, 9.17) is 9.52 Å². The van der Waals surface area contributed by atoms with Crippen molar-refractivity contribution in [2.45, 2.75) is 38.5 Å². The van der Waals surface area contributed by atoms with Crippen LogP contribution in [0.1, 0.15) is 42.7 Å². The third kappa shape index (κ3) is 3.24. The highest BCUT2D eigenvalue weighted by molar-refractivity contribution is 6.18. The van der Waals surface area contributed by atoms with E-state index in [1.807, 2.05) is 6.07 Å². The van der Waals surface area contributed by atoms with Crippen molar-refractivity contribution < 1.29 is 14.3 Å². The second kappa shape index (κ2) is 7.11. The topological polar surface area (TPSA) is 105 Å². The number of likely N-dealkylation sites (N-methyl/N-ethyl adjacent to an activating group) is 1. The van der Waals surface area contributed by atoms with Crippen LogP contribution < -0.4 is 10.7 Å². The zero-order valence-electron chi connectivity index (χ0n) is 14.8. The van der Waals surface area contributed by atoms with Gasteiger partial charge in [-0.2, -0.15) is 4.99 Å². The van der Waals surface area contributed by atoms with E-state index in [0.29, 0.717) is 16.9 Å². The number of aromatic nitrogens is 1. The van der Waals surface area contributed by atoms with Crippen LogP contribution in [-0.4, -0.2) is 28.9 Å². The molecule has 26 heavy (non-hydrogen) atoms. The van der Waals surface area contributed by atoms with Gasteiger partial charge in [-0.3, -0.25) is 4.79 Å². The zero-order valence-corrected chi connectivity index (χ0v) is 14.8. The second-order valence-electron chi connectivity index (χ2n) is 6.46. The van der Waals surface area contributed by atoms with E-state index in [9.17, 15) is 9.59 Å². The van der Waals surface area contributed by atoms with Gasteiger partial charge in [-0.1, -0.05) is 19.4 Å². The van der Waals surface area contributed by atoms with Crippen molar-refractivity contribution in [2.75, 3.05) is 7.05 Å². The van der Waals surface area contributed by atoms with Gasteiger partial charge in [0.2, 0.25) is 11.6 Å². The molecule has 0 saturated heterocycles. The SMILES string of the molecule is C=C(C(=O)O)/C(=N\c1oc2ncc(C3CCCC3)cc2c(=O)c1C)NC. The lowest BCUT2D eigenvalue weighted by Crippen LogP contribution is -2.24. The molecule has 2 aromatic rings. The summed E-state index contributed by atoms with van der Waals surface area (Å²) in [6.07, 6.45) is 6.37. The molecule has 0 aliphatic heterocycles. The lowest BCUT2D eigenvalue weighted by molar-refractivity contribution is -0.132. The molecule has 0 radical (unpaired) electrons. The number of carboxylic acids is 1. The maximum absolute atomic E-state index is 12.8. The largest absolute Gasteiger partial charge is 0.478 e. The summed E-state index contributed by atoms with van der Waals surface area (Å²) < 4.78 is 5.68. The fourth-order valence-corrected chi connectivity index (χ4v) is 3.25. The van der Waals surface area contributed by atoms with Crippen molar-refractivity contribution >= 4 is 28.8 Å². The third-order valence-electron chi connectivity index (χ3n) is 4.79. The number of amidine groups is 1. The van der Waals surface area contributed by atoms with Gasteiger partial charge in [0.15, 0.2) is 5.43 Å². The first-order chi connectivity index (χ1) is 12.4. The van der Waals surface area contributed by atoms with Gasteiger partial charge in [-0.15, -0.1) is 0 Å². The van der Waals surface area contributed by atoms with Crippen LogP contribution in [0, 0.1) is 6.92 Å². The highest BCUT2D eigenvalue weighted by Gasteiger charge is 2.20. The van der Waals surface area contributed by atoms with Crippen LogP contribution in [0.2, 0.25) is 0 Å². The molecule has 0 amide bonds. The average Bonchev–Trinajstić information content (AvgIpc) is 3.17. The molecule has 7 nitrogen and oxygen atoms in total. The van der Waals surface area contributed by atoms with Crippen LogP contribution in [0.4, 0.5) is 5.88 Å². The fraction of sp³-hybridized carbons (Fsp3) is 0.368. The molecule has 1 aliphatic rings. The first-order valence-corrected chi connectivity index (χ1v) is 8.54. The molecule has 7 heteroatoms. The average molecular weight is 355 g/mol. The minimum atomic E-state index is -1.21. The van der Waals surface area contributed by atoms with Crippen molar-refractivity contribution in [1.29, 1.82) is 0 Å². The van der Waals surface area contributed by atoms with Crippen molar-refractivity contribution in [3.8, 4) is 0 Å². The Labute approximate surface area is 150 Å². The highest BCUT2D eigenvalue weighted by Crippen LogP contribution is 2.34. The Balaban J connectivity index is 2.10. The van der Waals surface area contributed by atoms with Crippen LogP contribution in [-0.2, 0) is 4.79 Å². The summed E-state index contributed by atoms with van der Waals surface area (Å²) in [4.78, 5) is 32.3. The van der Waals surface area contributed by atoms with E-state index in [-0.39, 0.29) is 28.4 Å². The van der Waals surface area contributed by atoms with Gasteiger partial charge in [0.1, 0.15) is 5.84 Å². The molecule has 0 spiro atoms. The number of nitrogens with one attached hydrogen (secondary N) is 1. The molecule has 1 saturated carbocycles.